The van der Waals surface area contributed by atoms with Crippen molar-refractivity contribution < 1.29 is 4.74 Å². The van der Waals surface area contributed by atoms with E-state index in [2.05, 4.69) is 48.4 Å². The topological polar surface area (TPSA) is 52.0 Å². The summed E-state index contributed by atoms with van der Waals surface area (Å²) in [6.07, 6.45) is 1.68. The third-order valence-corrected chi connectivity index (χ3v) is 3.30. The van der Waals surface area contributed by atoms with Gasteiger partial charge in [0.05, 0.1) is 0 Å². The van der Waals surface area contributed by atoms with E-state index in [4.69, 9.17) is 4.74 Å². The molecule has 0 spiro atoms. The fourth-order valence-electron chi connectivity index (χ4n) is 2.13. The molecule has 0 fully saturated rings. The molecule has 1 aromatic heterocycles. The lowest BCUT2D eigenvalue weighted by molar-refractivity contribution is 0.285. The molecule has 2 rings (SSSR count). The number of hydrogen-bond donors (Lipinski definition) is 1. The van der Waals surface area contributed by atoms with Gasteiger partial charge in [0.2, 0.25) is 0 Å². The van der Waals surface area contributed by atoms with E-state index in [1.165, 1.54) is 11.1 Å². The van der Waals surface area contributed by atoms with Crippen molar-refractivity contribution in [2.24, 2.45) is 7.05 Å². The Morgan fingerprint density at radius 1 is 1.40 bits per heavy atom. The smallest absolute Gasteiger partial charge is 0.170 e. The van der Waals surface area contributed by atoms with Crippen LogP contribution in [0.4, 0.5) is 0 Å². The number of nitrogens with one attached hydrogen (secondary N) is 1. The monoisotopic (exact) mass is 274 g/mol. The normalized spacial score (nSPS) is 12.4. The zero-order valence-electron chi connectivity index (χ0n) is 12.6. The second-order valence-corrected chi connectivity index (χ2v) is 4.97. The maximum absolute atomic E-state index is 5.92. The fourth-order valence-corrected chi connectivity index (χ4v) is 2.13. The van der Waals surface area contributed by atoms with Gasteiger partial charge in [-0.05, 0) is 26.5 Å². The van der Waals surface area contributed by atoms with Crippen molar-refractivity contribution in [1.29, 1.82) is 0 Å². The molecule has 5 heteroatoms. The highest BCUT2D eigenvalue weighted by atomic mass is 16.5. The Kier molecular flexibility index (Phi) is 4.74. The Labute approximate surface area is 120 Å². The lowest BCUT2D eigenvalue weighted by atomic mass is 10.0. The maximum atomic E-state index is 5.92. The van der Waals surface area contributed by atoms with Gasteiger partial charge >= 0.3 is 0 Å². The SMILES string of the molecule is CCNC(C)c1cc(C)ccc1OCc1nncn1C. The van der Waals surface area contributed by atoms with Gasteiger partial charge in [-0.3, -0.25) is 0 Å². The minimum Gasteiger partial charge on any atom is -0.485 e. The third-order valence-electron chi connectivity index (χ3n) is 3.30. The van der Waals surface area contributed by atoms with Crippen LogP contribution in [-0.2, 0) is 13.7 Å². The molecule has 0 amide bonds. The lowest BCUT2D eigenvalue weighted by Crippen LogP contribution is -2.18. The second-order valence-electron chi connectivity index (χ2n) is 4.97. The van der Waals surface area contributed by atoms with Crippen LogP contribution in [0.25, 0.3) is 0 Å². The number of aryl methyl sites for hydroxylation is 2. The molecule has 1 aromatic carbocycles. The van der Waals surface area contributed by atoms with Gasteiger partial charge in [0.1, 0.15) is 18.7 Å². The molecule has 0 saturated heterocycles. The van der Waals surface area contributed by atoms with Crippen LogP contribution in [0.3, 0.4) is 0 Å². The summed E-state index contributed by atoms with van der Waals surface area (Å²) in [5.74, 6) is 1.71. The van der Waals surface area contributed by atoms with Crippen molar-refractivity contribution in [2.45, 2.75) is 33.4 Å². The number of nitrogens with zero attached hydrogens (tertiary/aromatic N) is 3. The van der Waals surface area contributed by atoms with Gasteiger partial charge in [-0.25, -0.2) is 0 Å². The summed E-state index contributed by atoms with van der Waals surface area (Å²) >= 11 is 0. The van der Waals surface area contributed by atoms with E-state index in [-0.39, 0.29) is 6.04 Å². The van der Waals surface area contributed by atoms with Crippen LogP contribution in [0, 0.1) is 6.92 Å². The highest BCUT2D eigenvalue weighted by molar-refractivity contribution is 5.39. The zero-order chi connectivity index (χ0) is 14.5. The summed E-state index contributed by atoms with van der Waals surface area (Å²) in [4.78, 5) is 0. The number of benzene rings is 1. The van der Waals surface area contributed by atoms with Gasteiger partial charge < -0.3 is 14.6 Å². The first-order valence-corrected chi connectivity index (χ1v) is 6.91. The Balaban J connectivity index is 2.16. The Morgan fingerprint density at radius 3 is 2.85 bits per heavy atom. The second kappa shape index (κ2) is 6.52. The number of hydrogen-bond acceptors (Lipinski definition) is 4. The highest BCUT2D eigenvalue weighted by Gasteiger charge is 2.12. The summed E-state index contributed by atoms with van der Waals surface area (Å²) in [6.45, 7) is 7.69. The number of ether oxygens (including phenoxy) is 1. The van der Waals surface area contributed by atoms with Crippen LogP contribution in [0.5, 0.6) is 5.75 Å². The quantitative estimate of drug-likeness (QED) is 0.878. The van der Waals surface area contributed by atoms with Gasteiger partial charge in [-0.15, -0.1) is 10.2 Å². The van der Waals surface area contributed by atoms with Gasteiger partial charge in [0.15, 0.2) is 5.82 Å². The first-order valence-electron chi connectivity index (χ1n) is 6.91. The predicted octanol–water partition coefficient (Wildman–Crippen LogP) is 2.37. The van der Waals surface area contributed by atoms with Crippen LogP contribution in [0.1, 0.15) is 36.8 Å². The van der Waals surface area contributed by atoms with Crippen molar-refractivity contribution in [3.63, 3.8) is 0 Å². The summed E-state index contributed by atoms with van der Waals surface area (Å²) in [7, 11) is 1.91. The van der Waals surface area contributed by atoms with Crippen molar-refractivity contribution in [2.75, 3.05) is 6.54 Å². The van der Waals surface area contributed by atoms with E-state index < -0.39 is 0 Å². The van der Waals surface area contributed by atoms with E-state index in [1.807, 2.05) is 17.7 Å². The molecule has 108 valence electrons. The zero-order valence-corrected chi connectivity index (χ0v) is 12.6. The summed E-state index contributed by atoms with van der Waals surface area (Å²) in [6, 6.07) is 6.51. The molecule has 0 saturated carbocycles. The van der Waals surface area contributed by atoms with Gasteiger partial charge in [-0.1, -0.05) is 24.6 Å². The van der Waals surface area contributed by atoms with Crippen LogP contribution in [0.15, 0.2) is 24.5 Å². The van der Waals surface area contributed by atoms with Crippen LogP contribution in [0.2, 0.25) is 0 Å². The Bertz CT molecular complexity index is 565. The summed E-state index contributed by atoms with van der Waals surface area (Å²) in [5, 5.41) is 11.3. The van der Waals surface area contributed by atoms with Crippen LogP contribution in [-0.4, -0.2) is 21.3 Å². The van der Waals surface area contributed by atoms with Crippen molar-refractivity contribution >= 4 is 0 Å². The molecule has 20 heavy (non-hydrogen) atoms. The average molecular weight is 274 g/mol. The molecule has 0 radical (unpaired) electrons. The fraction of sp³-hybridized carbons (Fsp3) is 0.467. The van der Waals surface area contributed by atoms with Gasteiger partial charge in [-0.2, -0.15) is 0 Å². The molecule has 5 nitrogen and oxygen atoms in total. The molecular formula is C15H22N4O. The molecule has 1 atom stereocenters. The maximum Gasteiger partial charge on any atom is 0.170 e. The summed E-state index contributed by atoms with van der Waals surface area (Å²) in [5.41, 5.74) is 2.41. The highest BCUT2D eigenvalue weighted by Crippen LogP contribution is 2.26. The van der Waals surface area contributed by atoms with E-state index >= 15 is 0 Å². The van der Waals surface area contributed by atoms with E-state index in [1.54, 1.807) is 6.33 Å². The molecule has 0 aliphatic carbocycles. The summed E-state index contributed by atoms with van der Waals surface area (Å²) < 4.78 is 7.78. The largest absolute Gasteiger partial charge is 0.485 e. The molecule has 0 aliphatic rings. The predicted molar refractivity (Wildman–Crippen MR) is 78.6 cm³/mol. The standard InChI is InChI=1S/C15H22N4O/c1-5-16-12(3)13-8-11(2)6-7-14(13)20-9-15-18-17-10-19(15)4/h6-8,10,12,16H,5,9H2,1-4H3. The van der Waals surface area contributed by atoms with Crippen molar-refractivity contribution in [1.82, 2.24) is 20.1 Å². The van der Waals surface area contributed by atoms with Crippen LogP contribution < -0.4 is 10.1 Å². The Hall–Kier alpha value is -1.88. The van der Waals surface area contributed by atoms with Gasteiger partial charge in [0, 0.05) is 18.7 Å². The van der Waals surface area contributed by atoms with Gasteiger partial charge in [0.25, 0.3) is 0 Å². The average Bonchev–Trinajstić information content (AvgIpc) is 2.83. The molecule has 2 aromatic rings. The van der Waals surface area contributed by atoms with Crippen LogP contribution >= 0.6 is 0 Å². The van der Waals surface area contributed by atoms with Crippen molar-refractivity contribution in [3.05, 3.63) is 41.5 Å². The molecule has 1 heterocycles. The molecular weight excluding hydrogens is 252 g/mol. The van der Waals surface area contributed by atoms with E-state index in [9.17, 15) is 0 Å². The minimum atomic E-state index is 0.259. The molecule has 0 bridgehead atoms. The van der Waals surface area contributed by atoms with E-state index in [0.29, 0.717) is 6.61 Å². The van der Waals surface area contributed by atoms with Crippen molar-refractivity contribution in [3.8, 4) is 5.75 Å². The third kappa shape index (κ3) is 3.36. The van der Waals surface area contributed by atoms with E-state index in [0.717, 1.165) is 18.1 Å². The number of rotatable bonds is 6. The first kappa shape index (κ1) is 14.5. The molecule has 1 N–H and O–H groups in total. The molecule has 0 aliphatic heterocycles. The minimum absolute atomic E-state index is 0.259. The molecule has 1 unspecified atom stereocenters. The Morgan fingerprint density at radius 2 is 2.20 bits per heavy atom. The first-order chi connectivity index (χ1) is 9.61. The number of aromatic nitrogens is 3. The lowest BCUT2D eigenvalue weighted by Gasteiger charge is -2.18.